The highest BCUT2D eigenvalue weighted by Gasteiger charge is 2.51. The first kappa shape index (κ1) is 68.3. The summed E-state index contributed by atoms with van der Waals surface area (Å²) < 4.78 is 22.7. The quantitative estimate of drug-likeness (QED) is 0.0204. The molecule has 0 aromatic rings. The standard InChI is InChI=1S/C60H111NO13/c1-3-5-7-9-11-13-15-17-18-19-20-21-22-23-24-25-26-27-28-29-30-31-32-33-35-37-39-41-43-49(64)48(61-52(65)44-42-40-38-36-34-16-14-12-10-8-6-4-2)47-71-59-57(70)55(68)58(51(46-63)73-59)74-60-56(69)54(67)53(66)50(45-62)72-60/h29-30,33,35,41,43,48-51,53-60,62-64,66-70H,3-28,31-32,34,36-40,42,44-47H2,1-2H3,(H,61,65)/b30-29+,35-33+,43-41+. The molecule has 12 atom stereocenters. The number of allylic oxidation sites excluding steroid dienone is 5. The number of amides is 1. The largest absolute Gasteiger partial charge is 0.394 e. The first-order valence-corrected chi connectivity index (χ1v) is 30.2. The van der Waals surface area contributed by atoms with Crippen LogP contribution in [0.2, 0.25) is 0 Å². The minimum atomic E-state index is -1.79. The molecular formula is C60H111NO13. The number of rotatable bonds is 48. The fourth-order valence-electron chi connectivity index (χ4n) is 9.91. The maximum Gasteiger partial charge on any atom is 0.220 e. The number of aliphatic hydroxyl groups excluding tert-OH is 8. The van der Waals surface area contributed by atoms with Crippen LogP contribution in [0.5, 0.6) is 0 Å². The third kappa shape index (κ3) is 31.6. The Hall–Kier alpha value is -1.79. The van der Waals surface area contributed by atoms with Crippen LogP contribution in [0.3, 0.4) is 0 Å². The summed E-state index contributed by atoms with van der Waals surface area (Å²) in [6, 6.07) is -0.934. The van der Waals surface area contributed by atoms with E-state index in [2.05, 4.69) is 43.5 Å². The average molecular weight is 1050 g/mol. The highest BCUT2D eigenvalue weighted by molar-refractivity contribution is 5.76. The topological polar surface area (TPSA) is 228 Å². The van der Waals surface area contributed by atoms with Crippen molar-refractivity contribution in [2.24, 2.45) is 0 Å². The number of carbonyl (C=O) groups excluding carboxylic acids is 1. The van der Waals surface area contributed by atoms with Crippen molar-refractivity contribution in [1.29, 1.82) is 0 Å². The van der Waals surface area contributed by atoms with Crippen molar-refractivity contribution < 1.29 is 64.6 Å². The van der Waals surface area contributed by atoms with E-state index < -0.39 is 86.8 Å². The molecule has 0 aliphatic carbocycles. The average Bonchev–Trinajstić information content (AvgIpc) is 3.40. The lowest BCUT2D eigenvalue weighted by atomic mass is 9.97. The number of hydrogen-bond acceptors (Lipinski definition) is 13. The summed E-state index contributed by atoms with van der Waals surface area (Å²) in [5.74, 6) is -0.253. The monoisotopic (exact) mass is 1050 g/mol. The molecule has 0 spiro atoms. The third-order valence-corrected chi connectivity index (χ3v) is 14.8. The highest BCUT2D eigenvalue weighted by atomic mass is 16.7. The molecule has 2 fully saturated rings. The van der Waals surface area contributed by atoms with Gasteiger partial charge in [-0.2, -0.15) is 0 Å². The number of hydrogen-bond donors (Lipinski definition) is 9. The minimum absolute atomic E-state index is 0.253. The van der Waals surface area contributed by atoms with E-state index in [1.54, 1.807) is 6.08 Å². The smallest absolute Gasteiger partial charge is 0.220 e. The Balaban J connectivity index is 1.74. The van der Waals surface area contributed by atoms with Gasteiger partial charge in [-0.3, -0.25) is 4.79 Å². The van der Waals surface area contributed by atoms with Crippen LogP contribution in [0.15, 0.2) is 36.5 Å². The Morgan fingerprint density at radius 2 is 0.865 bits per heavy atom. The van der Waals surface area contributed by atoms with Gasteiger partial charge in [0.1, 0.15) is 48.8 Å². The fourth-order valence-corrected chi connectivity index (χ4v) is 9.91. The molecule has 12 unspecified atom stereocenters. The summed E-state index contributed by atoms with van der Waals surface area (Å²) in [4.78, 5) is 13.2. The molecular weight excluding hydrogens is 943 g/mol. The molecule has 2 rings (SSSR count). The van der Waals surface area contributed by atoms with E-state index in [1.807, 2.05) is 6.08 Å². The lowest BCUT2D eigenvalue weighted by molar-refractivity contribution is -0.359. The molecule has 2 saturated heterocycles. The van der Waals surface area contributed by atoms with Crippen molar-refractivity contribution in [3.05, 3.63) is 36.5 Å². The van der Waals surface area contributed by atoms with Gasteiger partial charge in [-0.05, 0) is 44.9 Å². The van der Waals surface area contributed by atoms with Crippen LogP contribution in [0.1, 0.15) is 245 Å². The maximum absolute atomic E-state index is 13.2. The first-order valence-electron chi connectivity index (χ1n) is 30.2. The van der Waals surface area contributed by atoms with Gasteiger partial charge in [0.25, 0.3) is 0 Å². The van der Waals surface area contributed by atoms with Gasteiger partial charge in [0.05, 0.1) is 32.0 Å². The van der Waals surface area contributed by atoms with Crippen molar-refractivity contribution in [2.75, 3.05) is 19.8 Å². The van der Waals surface area contributed by atoms with Gasteiger partial charge in [0, 0.05) is 6.42 Å². The van der Waals surface area contributed by atoms with Gasteiger partial charge >= 0.3 is 0 Å². The van der Waals surface area contributed by atoms with Gasteiger partial charge in [-0.15, -0.1) is 0 Å². The molecule has 0 aromatic heterocycles. The first-order chi connectivity index (χ1) is 36.1. The molecule has 14 nitrogen and oxygen atoms in total. The molecule has 2 aliphatic rings. The van der Waals surface area contributed by atoms with Gasteiger partial charge in [0.15, 0.2) is 12.6 Å². The van der Waals surface area contributed by atoms with Crippen LogP contribution in [0, 0.1) is 0 Å². The van der Waals surface area contributed by atoms with Crippen LogP contribution in [-0.4, -0.2) is 140 Å². The third-order valence-electron chi connectivity index (χ3n) is 14.8. The Kier molecular flexibility index (Phi) is 42.6. The minimum Gasteiger partial charge on any atom is -0.394 e. The fraction of sp³-hybridized carbons (Fsp3) is 0.883. The normalized spacial score (nSPS) is 25.4. The SMILES string of the molecule is CCCCCCCCCCCCCCCCCCCC/C=C/CC/C=C/CC/C=C/C(O)C(COC1OC(CO)C(OC2OC(CO)C(O)C(O)C2O)C(O)C1O)NC(=O)CCCCCCCCCCCCCC. The predicted octanol–water partition coefficient (Wildman–Crippen LogP) is 10.2. The van der Waals surface area contributed by atoms with Crippen LogP contribution in [0.4, 0.5) is 0 Å². The molecule has 0 bridgehead atoms. The summed E-state index contributed by atoms with van der Waals surface area (Å²) >= 11 is 0. The molecule has 2 heterocycles. The number of carbonyl (C=O) groups is 1. The van der Waals surface area contributed by atoms with Gasteiger partial charge in [-0.1, -0.05) is 230 Å². The van der Waals surface area contributed by atoms with Crippen molar-refractivity contribution in [3.63, 3.8) is 0 Å². The molecule has 434 valence electrons. The zero-order valence-corrected chi connectivity index (χ0v) is 46.6. The van der Waals surface area contributed by atoms with E-state index in [9.17, 15) is 45.6 Å². The highest BCUT2D eigenvalue weighted by Crippen LogP contribution is 2.30. The summed E-state index contributed by atoms with van der Waals surface area (Å²) in [7, 11) is 0. The molecule has 2 aliphatic heterocycles. The van der Waals surface area contributed by atoms with Gasteiger partial charge in [-0.25, -0.2) is 0 Å². The summed E-state index contributed by atoms with van der Waals surface area (Å²) in [6.45, 7) is 2.78. The molecule has 9 N–H and O–H groups in total. The lowest BCUT2D eigenvalue weighted by Gasteiger charge is -2.46. The van der Waals surface area contributed by atoms with E-state index in [0.717, 1.165) is 44.9 Å². The van der Waals surface area contributed by atoms with E-state index in [4.69, 9.17) is 18.9 Å². The van der Waals surface area contributed by atoms with Gasteiger partial charge < -0.3 is 65.1 Å². The maximum atomic E-state index is 13.2. The zero-order chi connectivity index (χ0) is 53.9. The van der Waals surface area contributed by atoms with Crippen molar-refractivity contribution in [3.8, 4) is 0 Å². The molecule has 0 aromatic carbocycles. The number of ether oxygens (including phenoxy) is 4. The second-order valence-corrected chi connectivity index (χ2v) is 21.5. The summed E-state index contributed by atoms with van der Waals surface area (Å²) in [6.07, 6.45) is 39.2. The van der Waals surface area contributed by atoms with Crippen LogP contribution < -0.4 is 5.32 Å². The van der Waals surface area contributed by atoms with Crippen molar-refractivity contribution in [1.82, 2.24) is 5.32 Å². The van der Waals surface area contributed by atoms with Crippen LogP contribution in [0.25, 0.3) is 0 Å². The second kappa shape index (κ2) is 46.2. The van der Waals surface area contributed by atoms with E-state index in [1.165, 1.54) is 167 Å². The lowest BCUT2D eigenvalue weighted by Crippen LogP contribution is -2.65. The molecule has 14 heteroatoms. The summed E-state index contributed by atoms with van der Waals surface area (Å²) in [5.41, 5.74) is 0. The Labute approximate surface area is 449 Å². The second-order valence-electron chi connectivity index (χ2n) is 21.5. The Bertz CT molecular complexity index is 1380. The molecule has 0 saturated carbocycles. The summed E-state index contributed by atoms with van der Waals surface area (Å²) in [5, 5.41) is 86.9. The number of aliphatic hydroxyl groups is 8. The molecule has 1 amide bonds. The predicted molar refractivity (Wildman–Crippen MR) is 295 cm³/mol. The van der Waals surface area contributed by atoms with E-state index in [-0.39, 0.29) is 18.9 Å². The van der Waals surface area contributed by atoms with Crippen LogP contribution >= 0.6 is 0 Å². The molecule has 74 heavy (non-hydrogen) atoms. The van der Waals surface area contributed by atoms with E-state index in [0.29, 0.717) is 12.8 Å². The van der Waals surface area contributed by atoms with E-state index >= 15 is 0 Å². The Morgan fingerprint density at radius 1 is 0.473 bits per heavy atom. The molecule has 0 radical (unpaired) electrons. The van der Waals surface area contributed by atoms with Crippen molar-refractivity contribution in [2.45, 2.75) is 319 Å². The zero-order valence-electron chi connectivity index (χ0n) is 46.6. The van der Waals surface area contributed by atoms with Gasteiger partial charge in [0.2, 0.25) is 5.91 Å². The number of unbranched alkanes of at least 4 members (excludes halogenated alkanes) is 31. The Morgan fingerprint density at radius 3 is 1.32 bits per heavy atom. The van der Waals surface area contributed by atoms with Crippen molar-refractivity contribution >= 4 is 5.91 Å². The number of nitrogens with one attached hydrogen (secondary N) is 1. The van der Waals surface area contributed by atoms with Crippen LogP contribution in [-0.2, 0) is 23.7 Å².